The highest BCUT2D eigenvalue weighted by molar-refractivity contribution is 5.47. The summed E-state index contributed by atoms with van der Waals surface area (Å²) < 4.78 is 6.18. The lowest BCUT2D eigenvalue weighted by Crippen LogP contribution is -2.48. The minimum absolute atomic E-state index is 0.220. The number of hydrogen-bond acceptors (Lipinski definition) is 4. The zero-order valence-electron chi connectivity index (χ0n) is 13.8. The first-order chi connectivity index (χ1) is 9.81. The third kappa shape index (κ3) is 3.22. The van der Waals surface area contributed by atoms with E-state index in [1.54, 1.807) is 6.20 Å². The van der Waals surface area contributed by atoms with Crippen LogP contribution in [0.2, 0.25) is 0 Å². The molecule has 4 nitrogen and oxygen atoms in total. The highest BCUT2D eigenvalue weighted by Crippen LogP contribution is 2.47. The number of anilines is 1. The molecule has 0 aromatic carbocycles. The number of nitrogens with zero attached hydrogens (tertiary/aromatic N) is 1. The molecule has 1 aromatic rings. The van der Waals surface area contributed by atoms with Crippen LogP contribution < -0.4 is 11.5 Å². The van der Waals surface area contributed by atoms with Gasteiger partial charge in [0.2, 0.25) is 0 Å². The fourth-order valence-corrected chi connectivity index (χ4v) is 3.44. The van der Waals surface area contributed by atoms with E-state index in [0.29, 0.717) is 17.8 Å². The Bertz CT molecular complexity index is 469. The normalized spacial score (nSPS) is 22.0. The Kier molecular flexibility index (Phi) is 4.59. The molecule has 1 aliphatic rings. The summed E-state index contributed by atoms with van der Waals surface area (Å²) in [6.07, 6.45) is 5.93. The predicted octanol–water partition coefficient (Wildman–Crippen LogP) is 3.35. The van der Waals surface area contributed by atoms with Gasteiger partial charge in [0.1, 0.15) is 5.82 Å². The van der Waals surface area contributed by atoms with Crippen LogP contribution in [0.5, 0.6) is 0 Å². The predicted molar refractivity (Wildman–Crippen MR) is 86.9 cm³/mol. The summed E-state index contributed by atoms with van der Waals surface area (Å²) in [5.41, 5.74) is 14.8. The van der Waals surface area contributed by atoms with Crippen molar-refractivity contribution in [1.29, 1.82) is 0 Å². The lowest BCUT2D eigenvalue weighted by atomic mass is 9.67. The Hall–Kier alpha value is -1.13. The first-order valence-corrected chi connectivity index (χ1v) is 7.92. The first-order valence-electron chi connectivity index (χ1n) is 7.92. The van der Waals surface area contributed by atoms with Crippen molar-refractivity contribution in [2.24, 2.45) is 11.1 Å². The molecule has 0 bridgehead atoms. The number of pyridine rings is 1. The SMILES string of the molecule is CCOC1(C(N)c2c(C)ccnc2N)CCC(C)(C)CC1. The minimum atomic E-state index is -0.313. The van der Waals surface area contributed by atoms with E-state index >= 15 is 0 Å². The molecular formula is C17H29N3O. The molecule has 1 fully saturated rings. The molecule has 4 heteroatoms. The average Bonchev–Trinajstić information content (AvgIpc) is 2.41. The Morgan fingerprint density at radius 1 is 1.29 bits per heavy atom. The Labute approximate surface area is 128 Å². The Morgan fingerprint density at radius 3 is 2.43 bits per heavy atom. The number of nitrogens with two attached hydrogens (primary N) is 2. The number of ether oxygens (including phenoxy) is 1. The maximum Gasteiger partial charge on any atom is 0.128 e. The standard InChI is InChI=1S/C17H29N3O/c1-5-21-17(9-7-16(3,4)8-10-17)14(18)13-12(2)6-11-20-15(13)19/h6,11,14H,5,7-10,18H2,1-4H3,(H2,19,20). The van der Waals surface area contributed by atoms with E-state index in [1.807, 2.05) is 19.9 Å². The lowest BCUT2D eigenvalue weighted by Gasteiger charge is -2.47. The van der Waals surface area contributed by atoms with Crippen molar-refractivity contribution in [3.8, 4) is 0 Å². The van der Waals surface area contributed by atoms with Crippen LogP contribution in [0.4, 0.5) is 5.82 Å². The summed E-state index contributed by atoms with van der Waals surface area (Å²) in [6.45, 7) is 9.39. The summed E-state index contributed by atoms with van der Waals surface area (Å²) in [5, 5.41) is 0. The van der Waals surface area contributed by atoms with Gasteiger partial charge >= 0.3 is 0 Å². The molecule has 1 heterocycles. The zero-order valence-corrected chi connectivity index (χ0v) is 13.8. The number of aromatic nitrogens is 1. The zero-order chi connectivity index (χ0) is 15.7. The summed E-state index contributed by atoms with van der Waals surface area (Å²) in [4.78, 5) is 4.22. The smallest absolute Gasteiger partial charge is 0.128 e. The molecule has 1 unspecified atom stereocenters. The van der Waals surface area contributed by atoms with Crippen LogP contribution in [0.1, 0.15) is 63.6 Å². The van der Waals surface area contributed by atoms with Crippen LogP contribution in [-0.2, 0) is 4.74 Å². The molecule has 1 atom stereocenters. The van der Waals surface area contributed by atoms with Crippen LogP contribution >= 0.6 is 0 Å². The quantitative estimate of drug-likeness (QED) is 0.892. The van der Waals surface area contributed by atoms with Crippen molar-refractivity contribution in [3.63, 3.8) is 0 Å². The molecule has 0 saturated heterocycles. The second-order valence-corrected chi connectivity index (χ2v) is 7.07. The maximum atomic E-state index is 6.64. The molecule has 1 aliphatic carbocycles. The van der Waals surface area contributed by atoms with Gasteiger partial charge in [-0.2, -0.15) is 0 Å². The van der Waals surface area contributed by atoms with Crippen molar-refractivity contribution in [2.45, 2.75) is 65.0 Å². The van der Waals surface area contributed by atoms with E-state index < -0.39 is 0 Å². The van der Waals surface area contributed by atoms with Gasteiger partial charge in [-0.3, -0.25) is 0 Å². The third-order valence-corrected chi connectivity index (χ3v) is 5.00. The van der Waals surface area contributed by atoms with E-state index in [1.165, 1.54) is 0 Å². The largest absolute Gasteiger partial charge is 0.383 e. The van der Waals surface area contributed by atoms with Gasteiger partial charge in [0, 0.05) is 18.4 Å². The fourth-order valence-electron chi connectivity index (χ4n) is 3.44. The van der Waals surface area contributed by atoms with Crippen LogP contribution in [0.3, 0.4) is 0 Å². The van der Waals surface area contributed by atoms with Gasteiger partial charge in [0.25, 0.3) is 0 Å². The summed E-state index contributed by atoms with van der Waals surface area (Å²) in [7, 11) is 0. The second kappa shape index (κ2) is 5.93. The number of hydrogen-bond donors (Lipinski definition) is 2. The number of nitrogen functional groups attached to an aromatic ring is 1. The molecule has 118 valence electrons. The Morgan fingerprint density at radius 2 is 1.90 bits per heavy atom. The van der Waals surface area contributed by atoms with E-state index in [2.05, 4.69) is 18.8 Å². The van der Waals surface area contributed by atoms with Gasteiger partial charge < -0.3 is 16.2 Å². The van der Waals surface area contributed by atoms with Crippen LogP contribution in [-0.4, -0.2) is 17.2 Å². The molecule has 0 radical (unpaired) electrons. The van der Waals surface area contributed by atoms with Crippen LogP contribution in [0, 0.1) is 12.3 Å². The van der Waals surface area contributed by atoms with Crippen molar-refractivity contribution < 1.29 is 4.74 Å². The third-order valence-electron chi connectivity index (χ3n) is 5.00. The molecule has 4 N–H and O–H groups in total. The van der Waals surface area contributed by atoms with E-state index in [4.69, 9.17) is 16.2 Å². The van der Waals surface area contributed by atoms with Crippen molar-refractivity contribution >= 4 is 5.82 Å². The highest BCUT2D eigenvalue weighted by atomic mass is 16.5. The minimum Gasteiger partial charge on any atom is -0.383 e. The monoisotopic (exact) mass is 291 g/mol. The Balaban J connectivity index is 2.34. The van der Waals surface area contributed by atoms with Crippen molar-refractivity contribution in [2.75, 3.05) is 12.3 Å². The average molecular weight is 291 g/mol. The number of rotatable bonds is 4. The summed E-state index contributed by atoms with van der Waals surface area (Å²) in [5.74, 6) is 0.534. The molecular weight excluding hydrogens is 262 g/mol. The van der Waals surface area contributed by atoms with Crippen LogP contribution in [0.25, 0.3) is 0 Å². The number of aryl methyl sites for hydroxylation is 1. The highest BCUT2D eigenvalue weighted by Gasteiger charge is 2.44. The summed E-state index contributed by atoms with van der Waals surface area (Å²) in [6, 6.07) is 1.75. The fraction of sp³-hybridized carbons (Fsp3) is 0.706. The molecule has 0 spiro atoms. The molecule has 1 saturated carbocycles. The van der Waals surface area contributed by atoms with E-state index in [9.17, 15) is 0 Å². The van der Waals surface area contributed by atoms with Crippen LogP contribution in [0.15, 0.2) is 12.3 Å². The van der Waals surface area contributed by atoms with Gasteiger partial charge in [-0.1, -0.05) is 13.8 Å². The van der Waals surface area contributed by atoms with Crippen molar-refractivity contribution in [3.05, 3.63) is 23.4 Å². The van der Waals surface area contributed by atoms with Gasteiger partial charge in [-0.05, 0) is 56.6 Å². The molecule has 21 heavy (non-hydrogen) atoms. The van der Waals surface area contributed by atoms with Gasteiger partial charge in [-0.25, -0.2) is 4.98 Å². The molecule has 1 aromatic heterocycles. The van der Waals surface area contributed by atoms with Gasteiger partial charge in [0.15, 0.2) is 0 Å². The molecule has 0 aliphatic heterocycles. The second-order valence-electron chi connectivity index (χ2n) is 7.07. The molecule has 2 rings (SSSR count). The van der Waals surface area contributed by atoms with Crippen molar-refractivity contribution in [1.82, 2.24) is 4.98 Å². The first kappa shape index (κ1) is 16.2. The van der Waals surface area contributed by atoms with Gasteiger partial charge in [0.05, 0.1) is 11.6 Å². The van der Waals surface area contributed by atoms with E-state index in [0.717, 1.165) is 36.8 Å². The molecule has 0 amide bonds. The van der Waals surface area contributed by atoms with E-state index in [-0.39, 0.29) is 11.6 Å². The summed E-state index contributed by atoms with van der Waals surface area (Å²) >= 11 is 0. The van der Waals surface area contributed by atoms with Gasteiger partial charge in [-0.15, -0.1) is 0 Å². The maximum absolute atomic E-state index is 6.64. The lowest BCUT2D eigenvalue weighted by molar-refractivity contribution is -0.100. The topological polar surface area (TPSA) is 74.2 Å².